The van der Waals surface area contributed by atoms with Gasteiger partial charge in [-0.1, -0.05) is 32.9 Å². The quantitative estimate of drug-likeness (QED) is 0.663. The molecule has 0 spiro atoms. The van der Waals surface area contributed by atoms with Crippen LogP contribution in [-0.4, -0.2) is 44.0 Å². The molecule has 5 heteroatoms. The summed E-state index contributed by atoms with van der Waals surface area (Å²) in [5.74, 6) is -0.0642. The third-order valence-corrected chi connectivity index (χ3v) is 4.70. The van der Waals surface area contributed by atoms with Crippen LogP contribution in [0.4, 0.5) is 0 Å². The fourth-order valence-electron chi connectivity index (χ4n) is 3.28. The zero-order chi connectivity index (χ0) is 21.7. The number of hydrogen-bond donors (Lipinski definition) is 3. The van der Waals surface area contributed by atoms with E-state index in [4.69, 9.17) is 0 Å². The molecule has 1 atom stereocenters. The second kappa shape index (κ2) is 9.55. The highest BCUT2D eigenvalue weighted by Crippen LogP contribution is 2.27. The van der Waals surface area contributed by atoms with E-state index in [0.29, 0.717) is 13.1 Å². The molecule has 1 rings (SSSR count). The van der Waals surface area contributed by atoms with Gasteiger partial charge in [0.15, 0.2) is 13.1 Å². The SMILES string of the molecule is Cc1cc(C(C)(C)C)cc(C)c1CCNC(=O)C[NH+](C)CC(=O)NC(C)(C)C. The Kier molecular flexibility index (Phi) is 8.24. The van der Waals surface area contributed by atoms with Gasteiger partial charge in [0.1, 0.15) is 0 Å². The van der Waals surface area contributed by atoms with Gasteiger partial charge in [-0.05, 0) is 68.7 Å². The Balaban J connectivity index is 2.51. The lowest BCUT2D eigenvalue weighted by molar-refractivity contribution is -0.862. The van der Waals surface area contributed by atoms with Gasteiger partial charge >= 0.3 is 0 Å². The van der Waals surface area contributed by atoms with Crippen LogP contribution in [0.15, 0.2) is 12.1 Å². The molecule has 1 unspecified atom stereocenters. The van der Waals surface area contributed by atoms with E-state index in [1.165, 1.54) is 22.3 Å². The molecule has 0 heterocycles. The summed E-state index contributed by atoms with van der Waals surface area (Å²) in [7, 11) is 1.86. The molecule has 5 nitrogen and oxygen atoms in total. The Morgan fingerprint density at radius 2 is 1.43 bits per heavy atom. The van der Waals surface area contributed by atoms with Crippen molar-refractivity contribution in [1.29, 1.82) is 0 Å². The Bertz CT molecular complexity index is 674. The second-order valence-corrected chi connectivity index (χ2v) is 10.0. The van der Waals surface area contributed by atoms with E-state index in [0.717, 1.165) is 11.3 Å². The average molecular weight is 391 g/mol. The van der Waals surface area contributed by atoms with Gasteiger partial charge in [-0.15, -0.1) is 0 Å². The average Bonchev–Trinajstić information content (AvgIpc) is 2.46. The van der Waals surface area contributed by atoms with Crippen molar-refractivity contribution in [3.05, 3.63) is 34.4 Å². The maximum absolute atomic E-state index is 12.2. The molecule has 158 valence electrons. The third-order valence-electron chi connectivity index (χ3n) is 4.70. The van der Waals surface area contributed by atoms with Crippen LogP contribution < -0.4 is 15.5 Å². The van der Waals surface area contributed by atoms with Gasteiger partial charge in [0.2, 0.25) is 0 Å². The molecule has 0 aliphatic carbocycles. The largest absolute Gasteiger partial charge is 0.351 e. The van der Waals surface area contributed by atoms with E-state index in [2.05, 4.69) is 57.4 Å². The molecule has 3 N–H and O–H groups in total. The van der Waals surface area contributed by atoms with Crippen LogP contribution in [0.1, 0.15) is 63.8 Å². The van der Waals surface area contributed by atoms with Crippen molar-refractivity contribution in [3.63, 3.8) is 0 Å². The van der Waals surface area contributed by atoms with Crippen LogP contribution in [0.3, 0.4) is 0 Å². The molecule has 0 radical (unpaired) electrons. The first-order valence-corrected chi connectivity index (χ1v) is 10.2. The lowest BCUT2D eigenvalue weighted by Gasteiger charge is -2.22. The van der Waals surface area contributed by atoms with Crippen LogP contribution >= 0.6 is 0 Å². The summed E-state index contributed by atoms with van der Waals surface area (Å²) < 4.78 is 0. The molecule has 28 heavy (non-hydrogen) atoms. The molecule has 0 aliphatic heterocycles. The zero-order valence-electron chi connectivity index (χ0n) is 19.3. The first kappa shape index (κ1) is 24.2. The number of hydrogen-bond acceptors (Lipinski definition) is 2. The van der Waals surface area contributed by atoms with Crippen molar-refractivity contribution in [2.45, 2.75) is 72.8 Å². The van der Waals surface area contributed by atoms with Crippen molar-refractivity contribution in [2.24, 2.45) is 0 Å². The summed E-state index contributed by atoms with van der Waals surface area (Å²) in [5.41, 5.74) is 5.08. The molecule has 0 aromatic heterocycles. The van der Waals surface area contributed by atoms with E-state index in [1.54, 1.807) is 0 Å². The lowest BCUT2D eigenvalue weighted by Crippen LogP contribution is -3.11. The first-order valence-electron chi connectivity index (χ1n) is 10.2. The van der Waals surface area contributed by atoms with Gasteiger partial charge in [-0.25, -0.2) is 0 Å². The minimum atomic E-state index is -0.252. The fraction of sp³-hybridized carbons (Fsp3) is 0.652. The summed E-state index contributed by atoms with van der Waals surface area (Å²) in [6, 6.07) is 4.52. The summed E-state index contributed by atoms with van der Waals surface area (Å²) in [4.78, 5) is 25.0. The predicted molar refractivity (Wildman–Crippen MR) is 116 cm³/mol. The smallest absolute Gasteiger partial charge is 0.275 e. The highest BCUT2D eigenvalue weighted by atomic mass is 16.2. The number of aryl methyl sites for hydroxylation is 2. The van der Waals surface area contributed by atoms with Crippen LogP contribution in [0.5, 0.6) is 0 Å². The Morgan fingerprint density at radius 1 is 0.929 bits per heavy atom. The van der Waals surface area contributed by atoms with E-state index < -0.39 is 0 Å². The van der Waals surface area contributed by atoms with Crippen molar-refractivity contribution in [1.82, 2.24) is 10.6 Å². The molecule has 2 amide bonds. The van der Waals surface area contributed by atoms with Crippen molar-refractivity contribution >= 4 is 11.8 Å². The third kappa shape index (κ3) is 8.42. The standard InChI is InChI=1S/C23H39N3O2/c1-16-12-18(22(3,4)5)13-17(2)19(16)10-11-24-20(27)14-26(9)15-21(28)25-23(6,7)8/h12-13H,10-11,14-15H2,1-9H3,(H,24,27)(H,25,28)/p+1. The van der Waals surface area contributed by atoms with Crippen molar-refractivity contribution in [3.8, 4) is 0 Å². The van der Waals surface area contributed by atoms with Gasteiger partial charge in [-0.2, -0.15) is 0 Å². The van der Waals surface area contributed by atoms with Crippen LogP contribution in [0.25, 0.3) is 0 Å². The monoisotopic (exact) mass is 390 g/mol. The molecule has 1 aromatic rings. The Morgan fingerprint density at radius 3 is 1.89 bits per heavy atom. The number of carbonyl (C=O) groups excluding carboxylic acids is 2. The van der Waals surface area contributed by atoms with Crippen LogP contribution in [0, 0.1) is 13.8 Å². The molecule has 1 aromatic carbocycles. The van der Waals surface area contributed by atoms with E-state index in [9.17, 15) is 9.59 Å². The highest BCUT2D eigenvalue weighted by Gasteiger charge is 2.19. The normalized spacial score (nSPS) is 13.2. The first-order chi connectivity index (χ1) is 12.7. The minimum absolute atomic E-state index is 0.0253. The van der Waals surface area contributed by atoms with E-state index >= 15 is 0 Å². The number of carbonyl (C=O) groups is 2. The Labute approximate surface area is 171 Å². The van der Waals surface area contributed by atoms with E-state index in [1.807, 2.05) is 27.8 Å². The van der Waals surface area contributed by atoms with Gasteiger partial charge in [0.25, 0.3) is 11.8 Å². The molecule has 0 fully saturated rings. The predicted octanol–water partition coefficient (Wildman–Crippen LogP) is 1.69. The molecule has 0 saturated carbocycles. The second-order valence-electron chi connectivity index (χ2n) is 10.0. The topological polar surface area (TPSA) is 62.6 Å². The minimum Gasteiger partial charge on any atom is -0.351 e. The number of nitrogens with one attached hydrogen (secondary N) is 3. The maximum atomic E-state index is 12.2. The molecule has 0 bridgehead atoms. The molecule has 0 saturated heterocycles. The van der Waals surface area contributed by atoms with Gasteiger partial charge in [0, 0.05) is 12.1 Å². The molecular weight excluding hydrogens is 350 g/mol. The lowest BCUT2D eigenvalue weighted by atomic mass is 9.83. The zero-order valence-corrected chi connectivity index (χ0v) is 19.3. The summed E-state index contributed by atoms with van der Waals surface area (Å²) in [6.07, 6.45) is 0.817. The van der Waals surface area contributed by atoms with Crippen LogP contribution in [0.2, 0.25) is 0 Å². The number of likely N-dealkylation sites (N-methyl/N-ethyl adjacent to an activating group) is 1. The molecule has 0 aliphatic rings. The fourth-order valence-corrected chi connectivity index (χ4v) is 3.28. The summed E-state index contributed by atoms with van der Waals surface area (Å²) >= 11 is 0. The number of amides is 2. The summed E-state index contributed by atoms with van der Waals surface area (Å²) in [6.45, 7) is 18.0. The summed E-state index contributed by atoms with van der Waals surface area (Å²) in [5, 5.41) is 5.92. The number of rotatable bonds is 7. The molecular formula is C23H40N3O2+. The number of benzene rings is 1. The van der Waals surface area contributed by atoms with Crippen LogP contribution in [-0.2, 0) is 21.4 Å². The maximum Gasteiger partial charge on any atom is 0.275 e. The van der Waals surface area contributed by atoms with Crippen molar-refractivity contribution < 1.29 is 14.5 Å². The van der Waals surface area contributed by atoms with Crippen molar-refractivity contribution in [2.75, 3.05) is 26.7 Å². The number of quaternary nitrogens is 1. The highest BCUT2D eigenvalue weighted by molar-refractivity contribution is 5.79. The Hall–Kier alpha value is -1.88. The van der Waals surface area contributed by atoms with E-state index in [-0.39, 0.29) is 29.3 Å². The van der Waals surface area contributed by atoms with Gasteiger partial charge < -0.3 is 15.5 Å². The van der Waals surface area contributed by atoms with Gasteiger partial charge in [-0.3, -0.25) is 9.59 Å². The van der Waals surface area contributed by atoms with Gasteiger partial charge in [0.05, 0.1) is 7.05 Å².